The normalized spacial score (nSPS) is 12.4. The number of hydrogen-bond donors (Lipinski definition) is 1. The molecule has 0 aliphatic carbocycles. The maximum Gasteiger partial charge on any atom is 0.193 e. The number of para-hydroxylation sites is 1. The number of benzene rings is 3. The van der Waals surface area contributed by atoms with Crippen LogP contribution < -0.4 is 10.7 Å². The molecule has 2 heterocycles. The second-order valence-electron chi connectivity index (χ2n) is 8.36. The van der Waals surface area contributed by atoms with Gasteiger partial charge < -0.3 is 14.3 Å². The van der Waals surface area contributed by atoms with Crippen LogP contribution in [0.5, 0.6) is 0 Å². The molecule has 5 heteroatoms. The zero-order valence-electron chi connectivity index (χ0n) is 18.6. The summed E-state index contributed by atoms with van der Waals surface area (Å²) in [6.45, 7) is 6.06. The van der Waals surface area contributed by atoms with Crippen LogP contribution in [0.4, 0.5) is 5.69 Å². The third-order valence-electron chi connectivity index (χ3n) is 6.01. The monoisotopic (exact) mass is 423 g/mol. The Bertz CT molecular complexity index is 1510. The van der Waals surface area contributed by atoms with Gasteiger partial charge in [-0.15, -0.1) is 0 Å². The van der Waals surface area contributed by atoms with E-state index in [1.165, 1.54) is 0 Å². The molecule has 0 amide bonds. The Morgan fingerprint density at radius 2 is 1.78 bits per heavy atom. The summed E-state index contributed by atoms with van der Waals surface area (Å²) in [6.07, 6.45) is 0. The van der Waals surface area contributed by atoms with Crippen molar-refractivity contribution in [2.75, 3.05) is 5.32 Å². The predicted molar refractivity (Wildman–Crippen MR) is 130 cm³/mol. The third-order valence-corrected chi connectivity index (χ3v) is 6.01. The van der Waals surface area contributed by atoms with Gasteiger partial charge in [0.25, 0.3) is 0 Å². The SMILES string of the molecule is Cc1cc(C(C)Nc2ccccc2)c2oc(-c3ccc4nc(C)n(C)c4c3)cc(=O)c2c1. The van der Waals surface area contributed by atoms with Crippen molar-refractivity contribution < 1.29 is 4.42 Å². The van der Waals surface area contributed by atoms with Crippen LogP contribution in [0.1, 0.15) is 29.9 Å². The number of hydrogen-bond acceptors (Lipinski definition) is 4. The van der Waals surface area contributed by atoms with Gasteiger partial charge in [0.15, 0.2) is 5.43 Å². The molecule has 5 aromatic rings. The zero-order chi connectivity index (χ0) is 22.4. The van der Waals surface area contributed by atoms with Gasteiger partial charge in [0, 0.05) is 29.9 Å². The first kappa shape index (κ1) is 20.1. The topological polar surface area (TPSA) is 60.1 Å². The van der Waals surface area contributed by atoms with Crippen molar-refractivity contribution in [2.24, 2.45) is 7.05 Å². The summed E-state index contributed by atoms with van der Waals surface area (Å²) in [5.74, 6) is 1.50. The van der Waals surface area contributed by atoms with Gasteiger partial charge in [-0.1, -0.05) is 24.3 Å². The van der Waals surface area contributed by atoms with Crippen molar-refractivity contribution in [2.45, 2.75) is 26.8 Å². The molecule has 5 nitrogen and oxygen atoms in total. The van der Waals surface area contributed by atoms with E-state index in [1.807, 2.05) is 80.1 Å². The lowest BCUT2D eigenvalue weighted by atomic mass is 10.0. The summed E-state index contributed by atoms with van der Waals surface area (Å²) in [6, 6.07) is 21.5. The zero-order valence-corrected chi connectivity index (χ0v) is 18.6. The van der Waals surface area contributed by atoms with E-state index in [4.69, 9.17) is 4.42 Å². The number of anilines is 1. The highest BCUT2D eigenvalue weighted by Gasteiger charge is 2.17. The van der Waals surface area contributed by atoms with Gasteiger partial charge in [0.1, 0.15) is 17.2 Å². The number of aromatic nitrogens is 2. The minimum absolute atomic E-state index is 0.0413. The second kappa shape index (κ2) is 7.68. The molecule has 32 heavy (non-hydrogen) atoms. The van der Waals surface area contributed by atoms with Gasteiger partial charge in [-0.2, -0.15) is 0 Å². The first-order valence-electron chi connectivity index (χ1n) is 10.7. The Kier molecular flexibility index (Phi) is 4.82. The summed E-state index contributed by atoms with van der Waals surface area (Å²) in [4.78, 5) is 17.7. The smallest absolute Gasteiger partial charge is 0.193 e. The molecule has 1 atom stereocenters. The Balaban J connectivity index is 1.66. The van der Waals surface area contributed by atoms with Crippen LogP contribution in [0.25, 0.3) is 33.3 Å². The summed E-state index contributed by atoms with van der Waals surface area (Å²) in [5.41, 5.74) is 6.37. The maximum atomic E-state index is 13.1. The Morgan fingerprint density at radius 3 is 2.56 bits per heavy atom. The van der Waals surface area contributed by atoms with Gasteiger partial charge in [-0.25, -0.2) is 4.98 Å². The van der Waals surface area contributed by atoms with Crippen LogP contribution in [-0.4, -0.2) is 9.55 Å². The average molecular weight is 424 g/mol. The highest BCUT2D eigenvalue weighted by Crippen LogP contribution is 2.31. The number of nitrogens with zero attached hydrogens (tertiary/aromatic N) is 2. The van der Waals surface area contributed by atoms with E-state index < -0.39 is 0 Å². The molecule has 0 saturated carbocycles. The highest BCUT2D eigenvalue weighted by atomic mass is 16.3. The molecule has 0 radical (unpaired) electrons. The lowest BCUT2D eigenvalue weighted by molar-refractivity contribution is 0.610. The van der Waals surface area contributed by atoms with Crippen LogP contribution >= 0.6 is 0 Å². The first-order valence-corrected chi connectivity index (χ1v) is 10.7. The largest absolute Gasteiger partial charge is 0.455 e. The fourth-order valence-electron chi connectivity index (χ4n) is 4.22. The lowest BCUT2D eigenvalue weighted by Gasteiger charge is -2.18. The molecule has 0 aliphatic rings. The molecule has 0 aliphatic heterocycles. The van der Waals surface area contributed by atoms with Crippen LogP contribution in [0.15, 0.2) is 75.9 Å². The molecular weight excluding hydrogens is 398 g/mol. The third kappa shape index (κ3) is 3.46. The predicted octanol–water partition coefficient (Wildman–Crippen LogP) is 6.14. The maximum absolute atomic E-state index is 13.1. The number of rotatable bonds is 4. The lowest BCUT2D eigenvalue weighted by Crippen LogP contribution is -2.10. The summed E-state index contributed by atoms with van der Waals surface area (Å²) in [5, 5.41) is 4.12. The standard InChI is InChI=1S/C27H25N3O2/c1-16-12-21(17(2)28-20-8-6-5-7-9-20)27-22(13-16)25(31)15-26(32-27)19-10-11-23-24(14-19)30(4)18(3)29-23/h5-15,17,28H,1-4H3. The van der Waals surface area contributed by atoms with Crippen LogP contribution in [0.3, 0.4) is 0 Å². The van der Waals surface area contributed by atoms with Gasteiger partial charge in [-0.3, -0.25) is 4.79 Å². The Labute approximate surface area is 186 Å². The molecule has 0 bridgehead atoms. The van der Waals surface area contributed by atoms with E-state index in [0.29, 0.717) is 16.7 Å². The van der Waals surface area contributed by atoms with Gasteiger partial charge >= 0.3 is 0 Å². The molecule has 1 unspecified atom stereocenters. The van der Waals surface area contributed by atoms with Gasteiger partial charge in [0.05, 0.1) is 22.5 Å². The Hall–Kier alpha value is -3.86. The fraction of sp³-hybridized carbons (Fsp3) is 0.185. The van der Waals surface area contributed by atoms with E-state index in [9.17, 15) is 4.79 Å². The summed E-state index contributed by atoms with van der Waals surface area (Å²) >= 11 is 0. The van der Waals surface area contributed by atoms with E-state index in [0.717, 1.165) is 39.2 Å². The van der Waals surface area contributed by atoms with E-state index in [2.05, 4.69) is 23.3 Å². The number of imidazole rings is 1. The molecule has 160 valence electrons. The molecule has 0 saturated heterocycles. The van der Waals surface area contributed by atoms with Crippen molar-refractivity contribution in [3.63, 3.8) is 0 Å². The van der Waals surface area contributed by atoms with Crippen molar-refractivity contribution in [3.8, 4) is 11.3 Å². The van der Waals surface area contributed by atoms with E-state index in [-0.39, 0.29) is 11.5 Å². The average Bonchev–Trinajstić information content (AvgIpc) is 3.07. The number of fused-ring (bicyclic) bond motifs is 2. The molecule has 0 fully saturated rings. The summed E-state index contributed by atoms with van der Waals surface area (Å²) < 4.78 is 8.44. The number of nitrogens with one attached hydrogen (secondary N) is 1. The quantitative estimate of drug-likeness (QED) is 0.377. The fourth-order valence-corrected chi connectivity index (χ4v) is 4.22. The minimum atomic E-state index is -0.0422. The van der Waals surface area contributed by atoms with Crippen molar-refractivity contribution in [3.05, 3.63) is 93.9 Å². The van der Waals surface area contributed by atoms with Crippen molar-refractivity contribution in [1.29, 1.82) is 0 Å². The molecule has 2 aromatic heterocycles. The van der Waals surface area contributed by atoms with E-state index >= 15 is 0 Å². The molecule has 3 aromatic carbocycles. The second-order valence-corrected chi connectivity index (χ2v) is 8.36. The van der Waals surface area contributed by atoms with Crippen LogP contribution in [-0.2, 0) is 7.05 Å². The molecule has 0 spiro atoms. The molecule has 1 N–H and O–H groups in total. The van der Waals surface area contributed by atoms with Crippen molar-refractivity contribution in [1.82, 2.24) is 9.55 Å². The van der Waals surface area contributed by atoms with E-state index in [1.54, 1.807) is 6.07 Å². The molecule has 5 rings (SSSR count). The highest BCUT2D eigenvalue weighted by molar-refractivity contribution is 5.85. The van der Waals surface area contributed by atoms with Gasteiger partial charge in [-0.05, 0) is 62.7 Å². The molecular formula is C27H25N3O2. The summed E-state index contributed by atoms with van der Waals surface area (Å²) in [7, 11) is 1.99. The minimum Gasteiger partial charge on any atom is -0.455 e. The Morgan fingerprint density at radius 1 is 1.00 bits per heavy atom. The first-order chi connectivity index (χ1) is 15.4. The number of aryl methyl sites for hydroxylation is 3. The van der Waals surface area contributed by atoms with Crippen molar-refractivity contribution >= 4 is 27.7 Å². The van der Waals surface area contributed by atoms with Gasteiger partial charge in [0.2, 0.25) is 0 Å². The van der Waals surface area contributed by atoms with Crippen LogP contribution in [0, 0.1) is 13.8 Å². The van der Waals surface area contributed by atoms with Crippen LogP contribution in [0.2, 0.25) is 0 Å².